The van der Waals surface area contributed by atoms with E-state index in [1.165, 1.54) is 0 Å². The van der Waals surface area contributed by atoms with E-state index in [0.717, 1.165) is 56.7 Å². The van der Waals surface area contributed by atoms with Gasteiger partial charge in [0.15, 0.2) is 0 Å². The van der Waals surface area contributed by atoms with Crippen LogP contribution >= 0.6 is 10.7 Å². The predicted octanol–water partition coefficient (Wildman–Crippen LogP) is 3.63. The summed E-state index contributed by atoms with van der Waals surface area (Å²) in [6.07, 6.45) is 5.57. The van der Waals surface area contributed by atoms with Gasteiger partial charge >= 0.3 is 5.97 Å². The SMILES string of the molecule is O=C(OC1CCCCCC1)c1cc(F)cc(S(=O)(=O)Cl)c1. The highest BCUT2D eigenvalue weighted by molar-refractivity contribution is 8.13. The van der Waals surface area contributed by atoms with Gasteiger partial charge in [0.2, 0.25) is 0 Å². The van der Waals surface area contributed by atoms with Gasteiger partial charge in [-0.1, -0.05) is 12.8 Å². The number of carbonyl (C=O) groups is 1. The normalized spacial score (nSPS) is 17.2. The maximum atomic E-state index is 13.4. The molecule has 0 heterocycles. The number of rotatable bonds is 3. The number of ether oxygens (including phenoxy) is 1. The van der Waals surface area contributed by atoms with E-state index < -0.39 is 25.7 Å². The fourth-order valence-corrected chi connectivity index (χ4v) is 3.19. The Labute approximate surface area is 127 Å². The Kier molecular flexibility index (Phi) is 5.22. The smallest absolute Gasteiger partial charge is 0.338 e. The Balaban J connectivity index is 2.17. The average Bonchev–Trinajstić information content (AvgIpc) is 2.65. The number of esters is 1. The zero-order valence-corrected chi connectivity index (χ0v) is 12.9. The third kappa shape index (κ3) is 4.68. The highest BCUT2D eigenvalue weighted by Crippen LogP contribution is 2.23. The Morgan fingerprint density at radius 2 is 1.76 bits per heavy atom. The Morgan fingerprint density at radius 1 is 1.14 bits per heavy atom. The van der Waals surface area contributed by atoms with Gasteiger partial charge in [0, 0.05) is 10.7 Å². The van der Waals surface area contributed by atoms with Crippen molar-refractivity contribution in [2.45, 2.75) is 49.5 Å². The highest BCUT2D eigenvalue weighted by atomic mass is 35.7. The summed E-state index contributed by atoms with van der Waals surface area (Å²) in [5, 5.41) is 0. The van der Waals surface area contributed by atoms with Crippen molar-refractivity contribution >= 4 is 25.7 Å². The van der Waals surface area contributed by atoms with Crippen molar-refractivity contribution in [3.05, 3.63) is 29.6 Å². The average molecular weight is 335 g/mol. The molecule has 0 aliphatic heterocycles. The van der Waals surface area contributed by atoms with Gasteiger partial charge in [-0.15, -0.1) is 0 Å². The monoisotopic (exact) mass is 334 g/mol. The first-order chi connectivity index (χ1) is 9.86. The van der Waals surface area contributed by atoms with Crippen LogP contribution in [0.2, 0.25) is 0 Å². The summed E-state index contributed by atoms with van der Waals surface area (Å²) in [6.45, 7) is 0. The molecule has 0 unspecified atom stereocenters. The van der Waals surface area contributed by atoms with E-state index in [0.29, 0.717) is 0 Å². The maximum absolute atomic E-state index is 13.4. The molecular weight excluding hydrogens is 319 g/mol. The van der Waals surface area contributed by atoms with Gasteiger partial charge in [0.25, 0.3) is 9.05 Å². The fourth-order valence-electron chi connectivity index (χ4n) is 2.40. The van der Waals surface area contributed by atoms with E-state index >= 15 is 0 Å². The van der Waals surface area contributed by atoms with Crippen molar-refractivity contribution in [2.24, 2.45) is 0 Å². The van der Waals surface area contributed by atoms with Gasteiger partial charge in [-0.05, 0) is 43.9 Å². The molecule has 1 aromatic carbocycles. The van der Waals surface area contributed by atoms with Crippen LogP contribution in [0.4, 0.5) is 4.39 Å². The van der Waals surface area contributed by atoms with Crippen LogP contribution in [0.1, 0.15) is 48.9 Å². The van der Waals surface area contributed by atoms with Crippen LogP contribution in [0.15, 0.2) is 23.1 Å². The molecule has 0 radical (unpaired) electrons. The fraction of sp³-hybridized carbons (Fsp3) is 0.500. The van der Waals surface area contributed by atoms with Crippen molar-refractivity contribution in [3.8, 4) is 0 Å². The first kappa shape index (κ1) is 16.2. The zero-order chi connectivity index (χ0) is 15.5. The molecule has 1 saturated carbocycles. The second kappa shape index (κ2) is 6.75. The molecule has 4 nitrogen and oxygen atoms in total. The maximum Gasteiger partial charge on any atom is 0.338 e. The first-order valence-corrected chi connectivity index (χ1v) is 9.13. The van der Waals surface area contributed by atoms with Crippen LogP contribution in [0.25, 0.3) is 0 Å². The second-order valence-corrected chi connectivity index (χ2v) is 7.70. The van der Waals surface area contributed by atoms with Gasteiger partial charge in [-0.3, -0.25) is 0 Å². The third-order valence-electron chi connectivity index (χ3n) is 3.46. The largest absolute Gasteiger partial charge is 0.459 e. The lowest BCUT2D eigenvalue weighted by atomic mass is 10.1. The molecule has 1 aliphatic carbocycles. The molecular formula is C14H16ClFO4S. The molecule has 116 valence electrons. The van der Waals surface area contributed by atoms with E-state index in [1.807, 2.05) is 0 Å². The molecule has 0 atom stereocenters. The lowest BCUT2D eigenvalue weighted by Crippen LogP contribution is -2.18. The number of benzene rings is 1. The van der Waals surface area contributed by atoms with Crippen molar-refractivity contribution in [2.75, 3.05) is 0 Å². The van der Waals surface area contributed by atoms with E-state index in [2.05, 4.69) is 0 Å². The van der Waals surface area contributed by atoms with Crippen LogP contribution < -0.4 is 0 Å². The van der Waals surface area contributed by atoms with Crippen LogP contribution in [0, 0.1) is 5.82 Å². The number of carbonyl (C=O) groups excluding carboxylic acids is 1. The van der Waals surface area contributed by atoms with Crippen molar-refractivity contribution in [3.63, 3.8) is 0 Å². The minimum absolute atomic E-state index is 0.140. The molecule has 0 N–H and O–H groups in total. The van der Waals surface area contributed by atoms with Gasteiger partial charge in [0.05, 0.1) is 10.5 Å². The molecule has 0 aromatic heterocycles. The minimum atomic E-state index is -4.10. The molecule has 1 aliphatic rings. The van der Waals surface area contributed by atoms with Gasteiger partial charge in [0.1, 0.15) is 11.9 Å². The lowest BCUT2D eigenvalue weighted by molar-refractivity contribution is 0.0266. The molecule has 0 bridgehead atoms. The van der Waals surface area contributed by atoms with Crippen LogP contribution in [0.5, 0.6) is 0 Å². The third-order valence-corrected chi connectivity index (χ3v) is 4.80. The molecule has 0 spiro atoms. The Hall–Kier alpha value is -1.14. The topological polar surface area (TPSA) is 60.4 Å². The second-order valence-electron chi connectivity index (χ2n) is 5.13. The summed E-state index contributed by atoms with van der Waals surface area (Å²) < 4.78 is 41.3. The van der Waals surface area contributed by atoms with Crippen molar-refractivity contribution in [1.29, 1.82) is 0 Å². The van der Waals surface area contributed by atoms with Crippen LogP contribution in [-0.2, 0) is 13.8 Å². The summed E-state index contributed by atoms with van der Waals surface area (Å²) >= 11 is 0. The summed E-state index contributed by atoms with van der Waals surface area (Å²) in [7, 11) is 1.08. The van der Waals surface area contributed by atoms with E-state index in [-0.39, 0.29) is 11.7 Å². The Morgan fingerprint density at radius 3 is 2.33 bits per heavy atom. The standard InChI is InChI=1S/C14H16ClFO4S/c15-21(18,19)13-8-10(7-11(16)9-13)14(17)20-12-5-3-1-2-4-6-12/h7-9,12H,1-6H2. The predicted molar refractivity (Wildman–Crippen MR) is 76.3 cm³/mol. The van der Waals surface area contributed by atoms with E-state index in [1.54, 1.807) is 0 Å². The molecule has 0 saturated heterocycles. The summed E-state index contributed by atoms with van der Waals surface area (Å²) in [5.41, 5.74) is -0.140. The number of halogens is 2. The summed E-state index contributed by atoms with van der Waals surface area (Å²) in [6, 6.07) is 2.75. The number of hydrogen-bond acceptors (Lipinski definition) is 4. The molecule has 21 heavy (non-hydrogen) atoms. The number of hydrogen-bond donors (Lipinski definition) is 0. The van der Waals surface area contributed by atoms with Gasteiger partial charge in [-0.25, -0.2) is 17.6 Å². The van der Waals surface area contributed by atoms with Gasteiger partial charge in [-0.2, -0.15) is 0 Å². The zero-order valence-electron chi connectivity index (χ0n) is 11.3. The minimum Gasteiger partial charge on any atom is -0.459 e. The summed E-state index contributed by atoms with van der Waals surface area (Å²) in [5.74, 6) is -1.56. The molecule has 0 amide bonds. The van der Waals surface area contributed by atoms with E-state index in [9.17, 15) is 17.6 Å². The van der Waals surface area contributed by atoms with Crippen LogP contribution in [0.3, 0.4) is 0 Å². The van der Waals surface area contributed by atoms with E-state index in [4.69, 9.17) is 15.4 Å². The Bertz CT molecular complexity index is 622. The highest BCUT2D eigenvalue weighted by Gasteiger charge is 2.21. The van der Waals surface area contributed by atoms with Gasteiger partial charge < -0.3 is 4.74 Å². The first-order valence-electron chi connectivity index (χ1n) is 6.82. The molecule has 1 aromatic rings. The molecule has 7 heteroatoms. The molecule has 2 rings (SSSR count). The van der Waals surface area contributed by atoms with Crippen LogP contribution in [-0.4, -0.2) is 20.5 Å². The molecule has 1 fully saturated rings. The van der Waals surface area contributed by atoms with Crippen molar-refractivity contribution < 1.29 is 22.3 Å². The van der Waals surface area contributed by atoms with Crippen molar-refractivity contribution in [1.82, 2.24) is 0 Å². The lowest BCUT2D eigenvalue weighted by Gasteiger charge is -2.15. The quantitative estimate of drug-likeness (QED) is 0.481. The summed E-state index contributed by atoms with van der Waals surface area (Å²) in [4.78, 5) is 11.6.